The van der Waals surface area contributed by atoms with Gasteiger partial charge in [-0.15, -0.1) is 0 Å². The van der Waals surface area contributed by atoms with Crippen LogP contribution in [0, 0.1) is 11.3 Å². The highest BCUT2D eigenvalue weighted by Crippen LogP contribution is 2.45. The van der Waals surface area contributed by atoms with E-state index < -0.39 is 47.7 Å². The third kappa shape index (κ3) is 2.00. The highest BCUT2D eigenvalue weighted by Gasteiger charge is 2.65. The first kappa shape index (κ1) is 14.9. The maximum absolute atomic E-state index is 12.1. The summed E-state index contributed by atoms with van der Waals surface area (Å²) in [5, 5.41) is 19.1. The number of H-pyrrole nitrogens is 1. The van der Waals surface area contributed by atoms with Crippen molar-refractivity contribution in [2.45, 2.75) is 43.7 Å². The van der Waals surface area contributed by atoms with Gasteiger partial charge in [0, 0.05) is 12.3 Å². The third-order valence-electron chi connectivity index (χ3n) is 3.73. The summed E-state index contributed by atoms with van der Waals surface area (Å²) >= 11 is 0. The van der Waals surface area contributed by atoms with Gasteiger partial charge in [-0.05, 0) is 13.8 Å². The number of rotatable bonds is 2. The van der Waals surface area contributed by atoms with Crippen LogP contribution in [0.5, 0.6) is 0 Å². The molecule has 2 aliphatic heterocycles. The van der Waals surface area contributed by atoms with Crippen LogP contribution in [0.15, 0.2) is 21.9 Å². The molecule has 0 aliphatic carbocycles. The van der Waals surface area contributed by atoms with E-state index in [2.05, 4.69) is 4.98 Å². The third-order valence-corrected chi connectivity index (χ3v) is 3.73. The minimum Gasteiger partial charge on any atom is -0.394 e. The van der Waals surface area contributed by atoms with Gasteiger partial charge >= 0.3 is 5.69 Å². The Morgan fingerprint density at radius 1 is 1.41 bits per heavy atom. The molecule has 0 spiro atoms. The smallest absolute Gasteiger partial charge is 0.331 e. The monoisotopic (exact) mass is 309 g/mol. The van der Waals surface area contributed by atoms with E-state index in [4.69, 9.17) is 14.2 Å². The first-order chi connectivity index (χ1) is 10.3. The summed E-state index contributed by atoms with van der Waals surface area (Å²) in [5.41, 5.74) is -3.22. The van der Waals surface area contributed by atoms with Crippen molar-refractivity contribution < 1.29 is 19.3 Å². The normalized spacial score (nSPS) is 36.0. The molecule has 9 nitrogen and oxygen atoms in total. The molecule has 4 atom stereocenters. The van der Waals surface area contributed by atoms with Crippen molar-refractivity contribution in [2.24, 2.45) is 0 Å². The molecule has 4 unspecified atom stereocenters. The number of aromatic nitrogens is 2. The van der Waals surface area contributed by atoms with E-state index in [9.17, 15) is 20.0 Å². The molecular formula is C13H15N3O6. The highest BCUT2D eigenvalue weighted by atomic mass is 16.8. The zero-order valence-electron chi connectivity index (χ0n) is 12.0. The number of hydrogen-bond acceptors (Lipinski definition) is 7. The van der Waals surface area contributed by atoms with Crippen molar-refractivity contribution in [1.29, 1.82) is 5.26 Å². The van der Waals surface area contributed by atoms with Gasteiger partial charge in [0.15, 0.2) is 11.9 Å². The second-order valence-corrected chi connectivity index (χ2v) is 5.65. The van der Waals surface area contributed by atoms with E-state index in [1.165, 1.54) is 0 Å². The Morgan fingerprint density at radius 2 is 2.14 bits per heavy atom. The minimum atomic E-state index is -1.83. The maximum atomic E-state index is 12.1. The van der Waals surface area contributed by atoms with Crippen molar-refractivity contribution in [3.63, 3.8) is 0 Å². The summed E-state index contributed by atoms with van der Waals surface area (Å²) < 4.78 is 17.9. The van der Waals surface area contributed by atoms with Gasteiger partial charge in [0.25, 0.3) is 11.3 Å². The number of aliphatic hydroxyl groups is 1. The molecule has 0 saturated carbocycles. The molecule has 22 heavy (non-hydrogen) atoms. The van der Waals surface area contributed by atoms with E-state index in [0.29, 0.717) is 0 Å². The summed E-state index contributed by atoms with van der Waals surface area (Å²) in [6.45, 7) is 2.93. The summed E-state index contributed by atoms with van der Waals surface area (Å²) in [6.07, 6.45) is -1.30. The van der Waals surface area contributed by atoms with Crippen LogP contribution < -0.4 is 11.2 Å². The molecule has 118 valence electrons. The van der Waals surface area contributed by atoms with Crippen LogP contribution >= 0.6 is 0 Å². The molecule has 2 fully saturated rings. The standard InChI is InChI=1S/C13H15N3O6/c1-12(2)21-9-7(5-17)20-13(6-14,10(9)22-12)16-4-3-8(18)15-11(16)19/h3-4,7,9-10,17H,5H2,1-2H3,(H,15,18,19). The average molecular weight is 309 g/mol. The SMILES string of the molecule is CC1(C)OC2C(CO)OC(C#N)(n3ccc(=O)[nH]c3=O)C2O1. The van der Waals surface area contributed by atoms with Crippen LogP contribution in [0.25, 0.3) is 0 Å². The highest BCUT2D eigenvalue weighted by molar-refractivity contribution is 5.15. The Hall–Kier alpha value is -1.99. The van der Waals surface area contributed by atoms with Gasteiger partial charge in [-0.2, -0.15) is 5.26 Å². The van der Waals surface area contributed by atoms with Crippen LogP contribution in [-0.4, -0.2) is 45.4 Å². The van der Waals surface area contributed by atoms with Gasteiger partial charge in [-0.25, -0.2) is 4.79 Å². The van der Waals surface area contributed by atoms with Crippen molar-refractivity contribution in [3.8, 4) is 6.07 Å². The zero-order chi connectivity index (χ0) is 16.1. The predicted octanol–water partition coefficient (Wildman–Crippen LogP) is -1.38. The minimum absolute atomic E-state index is 0.401. The largest absolute Gasteiger partial charge is 0.394 e. The van der Waals surface area contributed by atoms with E-state index in [1.807, 2.05) is 6.07 Å². The Morgan fingerprint density at radius 3 is 2.73 bits per heavy atom. The van der Waals surface area contributed by atoms with Crippen LogP contribution in [0.4, 0.5) is 0 Å². The second kappa shape index (κ2) is 4.76. The molecule has 0 bridgehead atoms. The summed E-state index contributed by atoms with van der Waals surface area (Å²) in [4.78, 5) is 25.3. The van der Waals surface area contributed by atoms with E-state index in [-0.39, 0.29) is 0 Å². The van der Waals surface area contributed by atoms with Gasteiger partial charge in [-0.1, -0.05) is 0 Å². The fraction of sp³-hybridized carbons (Fsp3) is 0.615. The van der Waals surface area contributed by atoms with Crippen molar-refractivity contribution in [2.75, 3.05) is 6.61 Å². The number of hydrogen-bond donors (Lipinski definition) is 2. The summed E-state index contributed by atoms with van der Waals surface area (Å²) in [7, 11) is 0. The average Bonchev–Trinajstić information content (AvgIpc) is 2.91. The predicted molar refractivity (Wildman–Crippen MR) is 70.7 cm³/mol. The van der Waals surface area contributed by atoms with Gasteiger partial charge in [0.1, 0.15) is 18.3 Å². The van der Waals surface area contributed by atoms with E-state index in [0.717, 1.165) is 16.8 Å². The fourth-order valence-corrected chi connectivity index (χ4v) is 2.89. The van der Waals surface area contributed by atoms with E-state index in [1.54, 1.807) is 13.8 Å². The molecule has 9 heteroatoms. The molecular weight excluding hydrogens is 294 g/mol. The molecule has 2 saturated heterocycles. The lowest BCUT2D eigenvalue weighted by Gasteiger charge is -2.29. The zero-order valence-corrected chi connectivity index (χ0v) is 12.0. The van der Waals surface area contributed by atoms with Gasteiger partial charge < -0.3 is 19.3 Å². The van der Waals surface area contributed by atoms with Gasteiger partial charge in [0.2, 0.25) is 0 Å². The molecule has 2 aliphatic rings. The molecule has 1 aromatic rings. The molecule has 2 N–H and O–H groups in total. The first-order valence-corrected chi connectivity index (χ1v) is 6.71. The lowest BCUT2D eigenvalue weighted by atomic mass is 10.0. The molecule has 1 aromatic heterocycles. The van der Waals surface area contributed by atoms with Crippen LogP contribution in [0.2, 0.25) is 0 Å². The Bertz CT molecular complexity index is 747. The molecule has 3 rings (SSSR count). The molecule has 3 heterocycles. The van der Waals surface area contributed by atoms with Crippen LogP contribution in [-0.2, 0) is 19.9 Å². The first-order valence-electron chi connectivity index (χ1n) is 6.71. The lowest BCUT2D eigenvalue weighted by molar-refractivity contribution is -0.218. The van der Waals surface area contributed by atoms with Crippen molar-refractivity contribution >= 4 is 0 Å². The summed E-state index contributed by atoms with van der Waals surface area (Å²) in [5.74, 6) is -0.986. The fourth-order valence-electron chi connectivity index (χ4n) is 2.89. The number of nitrogens with zero attached hydrogens (tertiary/aromatic N) is 2. The number of ether oxygens (including phenoxy) is 3. The van der Waals surface area contributed by atoms with Crippen LogP contribution in [0.3, 0.4) is 0 Å². The topological polar surface area (TPSA) is 127 Å². The van der Waals surface area contributed by atoms with Crippen molar-refractivity contribution in [3.05, 3.63) is 33.1 Å². The Labute approximate surface area is 124 Å². The molecule has 0 amide bonds. The number of nitrogens with one attached hydrogen (secondary N) is 1. The number of fused-ring (bicyclic) bond motifs is 1. The van der Waals surface area contributed by atoms with Gasteiger partial charge in [0.05, 0.1) is 6.61 Å². The van der Waals surface area contributed by atoms with E-state index >= 15 is 0 Å². The number of aliphatic hydroxyl groups excluding tert-OH is 1. The molecule has 0 aromatic carbocycles. The lowest BCUT2D eigenvalue weighted by Crippen LogP contribution is -2.50. The number of aromatic amines is 1. The van der Waals surface area contributed by atoms with Gasteiger partial charge in [-0.3, -0.25) is 14.3 Å². The number of nitriles is 1. The Kier molecular flexibility index (Phi) is 3.23. The van der Waals surface area contributed by atoms with Crippen LogP contribution in [0.1, 0.15) is 13.8 Å². The second-order valence-electron chi connectivity index (χ2n) is 5.65. The quantitative estimate of drug-likeness (QED) is 0.689. The Balaban J connectivity index is 2.15. The molecule has 0 radical (unpaired) electrons. The summed E-state index contributed by atoms with van der Waals surface area (Å²) in [6, 6.07) is 3.03. The maximum Gasteiger partial charge on any atom is 0.331 e. The van der Waals surface area contributed by atoms with Crippen molar-refractivity contribution in [1.82, 2.24) is 9.55 Å².